The average Bonchev–Trinajstić information content (AvgIpc) is 3.08. The van der Waals surface area contributed by atoms with E-state index >= 15 is 0 Å². The van der Waals surface area contributed by atoms with Crippen LogP contribution in [0, 0.1) is 10.1 Å². The number of rotatable bonds is 3. The molecule has 5 nitrogen and oxygen atoms in total. The first-order chi connectivity index (χ1) is 10.7. The van der Waals surface area contributed by atoms with Crippen molar-refractivity contribution in [3.8, 4) is 0 Å². The molecule has 108 valence electrons. The standard InChI is InChI=1S/C16H11N3O2S/c20-19(21)12-7-5-11(6-8-12)9-13-10-22-16-17-14-3-1-2-4-15(14)18(13)16/h1-8,10H,9H2. The first-order valence-corrected chi connectivity index (χ1v) is 7.67. The van der Waals surface area contributed by atoms with Gasteiger partial charge in [0.05, 0.1) is 16.0 Å². The van der Waals surface area contributed by atoms with Crippen LogP contribution in [0.3, 0.4) is 0 Å². The molecule has 0 aliphatic rings. The van der Waals surface area contributed by atoms with Crippen molar-refractivity contribution in [2.45, 2.75) is 6.42 Å². The molecule has 22 heavy (non-hydrogen) atoms. The molecule has 2 aromatic carbocycles. The lowest BCUT2D eigenvalue weighted by Gasteiger charge is -2.02. The number of fused-ring (bicyclic) bond motifs is 3. The molecule has 0 saturated heterocycles. The van der Waals surface area contributed by atoms with Crippen molar-refractivity contribution < 1.29 is 4.92 Å². The van der Waals surface area contributed by atoms with E-state index in [9.17, 15) is 10.1 Å². The van der Waals surface area contributed by atoms with Gasteiger partial charge < -0.3 is 0 Å². The van der Waals surface area contributed by atoms with Gasteiger partial charge in [0, 0.05) is 29.6 Å². The van der Waals surface area contributed by atoms with Gasteiger partial charge in [0.2, 0.25) is 0 Å². The SMILES string of the molecule is O=[N+]([O-])c1ccc(Cc2csc3nc4ccccc4n23)cc1. The molecule has 0 unspecified atom stereocenters. The summed E-state index contributed by atoms with van der Waals surface area (Å²) in [4.78, 5) is 15.9. The fraction of sp³-hybridized carbons (Fsp3) is 0.0625. The highest BCUT2D eigenvalue weighted by Gasteiger charge is 2.11. The van der Waals surface area contributed by atoms with Crippen molar-refractivity contribution in [3.63, 3.8) is 0 Å². The van der Waals surface area contributed by atoms with Crippen LogP contribution in [-0.4, -0.2) is 14.3 Å². The molecule has 0 bridgehead atoms. The molecule has 0 aliphatic heterocycles. The zero-order valence-electron chi connectivity index (χ0n) is 11.5. The Kier molecular flexibility index (Phi) is 2.90. The van der Waals surface area contributed by atoms with Crippen molar-refractivity contribution in [1.29, 1.82) is 0 Å². The zero-order valence-corrected chi connectivity index (χ0v) is 12.3. The van der Waals surface area contributed by atoms with Gasteiger partial charge in [0.25, 0.3) is 5.69 Å². The second-order valence-corrected chi connectivity index (χ2v) is 5.88. The van der Waals surface area contributed by atoms with Gasteiger partial charge >= 0.3 is 0 Å². The summed E-state index contributed by atoms with van der Waals surface area (Å²) in [6.45, 7) is 0. The Labute approximate surface area is 129 Å². The monoisotopic (exact) mass is 309 g/mol. The molecule has 0 amide bonds. The number of nitro groups is 1. The Bertz CT molecular complexity index is 986. The van der Waals surface area contributed by atoms with Crippen LogP contribution < -0.4 is 0 Å². The molecule has 2 aromatic heterocycles. The van der Waals surface area contributed by atoms with Gasteiger partial charge in [0.1, 0.15) is 0 Å². The molecule has 2 heterocycles. The minimum atomic E-state index is -0.379. The van der Waals surface area contributed by atoms with Crippen LogP contribution in [0.4, 0.5) is 5.69 Å². The molecule has 6 heteroatoms. The number of benzene rings is 2. The first kappa shape index (κ1) is 13.0. The van der Waals surface area contributed by atoms with E-state index in [1.807, 2.05) is 18.2 Å². The summed E-state index contributed by atoms with van der Waals surface area (Å²) >= 11 is 1.61. The predicted molar refractivity (Wildman–Crippen MR) is 86.5 cm³/mol. The predicted octanol–water partition coefficient (Wildman–Crippen LogP) is 4.05. The van der Waals surface area contributed by atoms with E-state index in [-0.39, 0.29) is 10.6 Å². The van der Waals surface area contributed by atoms with Gasteiger partial charge in [-0.15, -0.1) is 11.3 Å². The first-order valence-electron chi connectivity index (χ1n) is 6.79. The van der Waals surface area contributed by atoms with Crippen molar-refractivity contribution in [1.82, 2.24) is 9.38 Å². The van der Waals surface area contributed by atoms with Crippen LogP contribution >= 0.6 is 11.3 Å². The molecule has 4 aromatic rings. The van der Waals surface area contributed by atoms with Crippen LogP contribution in [0.15, 0.2) is 53.9 Å². The molecule has 4 rings (SSSR count). The summed E-state index contributed by atoms with van der Waals surface area (Å²) in [5.74, 6) is 0. The van der Waals surface area contributed by atoms with Gasteiger partial charge in [-0.05, 0) is 17.7 Å². The van der Waals surface area contributed by atoms with E-state index in [4.69, 9.17) is 0 Å². The van der Waals surface area contributed by atoms with Crippen LogP contribution in [0.5, 0.6) is 0 Å². The maximum absolute atomic E-state index is 10.7. The van der Waals surface area contributed by atoms with Gasteiger partial charge in [-0.1, -0.05) is 24.3 Å². The molecule has 0 fully saturated rings. The number of hydrogen-bond acceptors (Lipinski definition) is 4. The summed E-state index contributed by atoms with van der Waals surface area (Å²) in [7, 11) is 0. The van der Waals surface area contributed by atoms with Crippen molar-refractivity contribution in [3.05, 3.63) is 75.3 Å². The topological polar surface area (TPSA) is 60.4 Å². The lowest BCUT2D eigenvalue weighted by atomic mass is 10.1. The Morgan fingerprint density at radius 1 is 1.14 bits per heavy atom. The lowest BCUT2D eigenvalue weighted by Crippen LogP contribution is -1.94. The Morgan fingerprint density at radius 3 is 2.68 bits per heavy atom. The van der Waals surface area contributed by atoms with E-state index in [2.05, 4.69) is 20.8 Å². The quantitative estimate of drug-likeness (QED) is 0.424. The second kappa shape index (κ2) is 4.92. The molecular formula is C16H11N3O2S. The summed E-state index contributed by atoms with van der Waals surface area (Å²) in [5, 5.41) is 12.8. The van der Waals surface area contributed by atoms with Crippen LogP contribution in [0.1, 0.15) is 11.3 Å². The number of nitrogens with zero attached hydrogens (tertiary/aromatic N) is 3. The molecule has 0 atom stereocenters. The van der Waals surface area contributed by atoms with Crippen LogP contribution in [0.2, 0.25) is 0 Å². The fourth-order valence-corrected chi connectivity index (χ4v) is 3.50. The Morgan fingerprint density at radius 2 is 1.91 bits per heavy atom. The van der Waals surface area contributed by atoms with Gasteiger partial charge in [0.15, 0.2) is 4.96 Å². The third-order valence-electron chi connectivity index (χ3n) is 3.65. The molecule has 0 aliphatic carbocycles. The minimum absolute atomic E-state index is 0.118. The highest BCUT2D eigenvalue weighted by Crippen LogP contribution is 2.25. The summed E-state index contributed by atoms with van der Waals surface area (Å²) < 4.78 is 2.15. The number of nitro benzene ring substituents is 1. The highest BCUT2D eigenvalue weighted by molar-refractivity contribution is 7.15. The third kappa shape index (κ3) is 2.05. The number of imidazole rings is 1. The number of para-hydroxylation sites is 2. The van der Waals surface area contributed by atoms with E-state index < -0.39 is 0 Å². The number of hydrogen-bond donors (Lipinski definition) is 0. The maximum atomic E-state index is 10.7. The average molecular weight is 309 g/mol. The van der Waals surface area contributed by atoms with Crippen LogP contribution in [-0.2, 0) is 6.42 Å². The summed E-state index contributed by atoms with van der Waals surface area (Å²) in [5.41, 5.74) is 4.38. The highest BCUT2D eigenvalue weighted by atomic mass is 32.1. The summed E-state index contributed by atoms with van der Waals surface area (Å²) in [6, 6.07) is 14.8. The Balaban J connectivity index is 1.76. The zero-order chi connectivity index (χ0) is 15.1. The van der Waals surface area contributed by atoms with Gasteiger partial charge in [-0.2, -0.15) is 0 Å². The van der Waals surface area contributed by atoms with Crippen molar-refractivity contribution >= 4 is 33.0 Å². The molecule has 0 saturated carbocycles. The van der Waals surface area contributed by atoms with Crippen LogP contribution in [0.25, 0.3) is 16.0 Å². The molecule has 0 N–H and O–H groups in total. The summed E-state index contributed by atoms with van der Waals surface area (Å²) in [6.07, 6.45) is 0.721. The minimum Gasteiger partial charge on any atom is -0.287 e. The van der Waals surface area contributed by atoms with Gasteiger partial charge in [-0.3, -0.25) is 14.5 Å². The normalized spacial score (nSPS) is 11.3. The number of non-ortho nitro benzene ring substituents is 1. The molecule has 0 spiro atoms. The maximum Gasteiger partial charge on any atom is 0.269 e. The van der Waals surface area contributed by atoms with E-state index in [1.165, 1.54) is 0 Å². The molecule has 0 radical (unpaired) electrons. The number of thiazole rings is 1. The van der Waals surface area contributed by atoms with E-state index in [1.54, 1.807) is 35.6 Å². The second-order valence-electron chi connectivity index (χ2n) is 5.05. The van der Waals surface area contributed by atoms with Crippen molar-refractivity contribution in [2.24, 2.45) is 0 Å². The largest absolute Gasteiger partial charge is 0.287 e. The van der Waals surface area contributed by atoms with Gasteiger partial charge in [-0.25, -0.2) is 4.98 Å². The van der Waals surface area contributed by atoms with Crippen molar-refractivity contribution in [2.75, 3.05) is 0 Å². The lowest BCUT2D eigenvalue weighted by molar-refractivity contribution is -0.384. The Hall–Kier alpha value is -2.73. The molecular weight excluding hydrogens is 298 g/mol. The smallest absolute Gasteiger partial charge is 0.269 e. The van der Waals surface area contributed by atoms with E-state index in [0.717, 1.165) is 33.7 Å². The fourth-order valence-electron chi connectivity index (χ4n) is 2.60. The van der Waals surface area contributed by atoms with E-state index in [0.29, 0.717) is 0 Å². The third-order valence-corrected chi connectivity index (χ3v) is 4.52. The number of aromatic nitrogens is 2.